The van der Waals surface area contributed by atoms with E-state index in [1.165, 1.54) is 36.4 Å². The molecular formula is C12H30O4S2Si2. The summed E-state index contributed by atoms with van der Waals surface area (Å²) in [6.45, 7) is 1.98. The van der Waals surface area contributed by atoms with Crippen molar-refractivity contribution in [3.63, 3.8) is 0 Å². The smallest absolute Gasteiger partial charge is 0.161 e. The van der Waals surface area contributed by atoms with Crippen molar-refractivity contribution in [3.8, 4) is 0 Å². The van der Waals surface area contributed by atoms with Crippen molar-refractivity contribution in [1.82, 2.24) is 0 Å². The van der Waals surface area contributed by atoms with Gasteiger partial charge >= 0.3 is 0 Å². The van der Waals surface area contributed by atoms with E-state index in [1.807, 2.05) is 21.6 Å². The molecule has 122 valence electrons. The molecule has 0 bridgehead atoms. The van der Waals surface area contributed by atoms with Crippen LogP contribution in [0.4, 0.5) is 0 Å². The van der Waals surface area contributed by atoms with Crippen LogP contribution in [0.1, 0.15) is 25.7 Å². The summed E-state index contributed by atoms with van der Waals surface area (Å²) in [5.74, 6) is 2.46. The van der Waals surface area contributed by atoms with E-state index in [0.717, 1.165) is 26.1 Å². The molecule has 4 nitrogen and oxygen atoms in total. The molecule has 0 rings (SSSR count). The molecule has 2 N–H and O–H groups in total. The summed E-state index contributed by atoms with van der Waals surface area (Å²) < 4.78 is 11.0. The highest BCUT2D eigenvalue weighted by atomic mass is 33.1. The van der Waals surface area contributed by atoms with Crippen LogP contribution in [-0.2, 0) is 8.85 Å². The Morgan fingerprint density at radius 1 is 0.700 bits per heavy atom. The summed E-state index contributed by atoms with van der Waals surface area (Å²) in [5.41, 5.74) is 0. The van der Waals surface area contributed by atoms with Crippen LogP contribution in [0.2, 0.25) is 12.1 Å². The minimum absolute atomic E-state index is 0.246. The lowest BCUT2D eigenvalue weighted by molar-refractivity contribution is 0.238. The van der Waals surface area contributed by atoms with Gasteiger partial charge in [0, 0.05) is 37.9 Å². The highest BCUT2D eigenvalue weighted by Crippen LogP contribution is 2.23. The molecule has 0 aliphatic rings. The third-order valence-electron chi connectivity index (χ3n) is 2.51. The second-order valence-corrected chi connectivity index (χ2v) is 10.2. The molecule has 8 heteroatoms. The molecule has 0 heterocycles. The van der Waals surface area contributed by atoms with E-state index in [1.54, 1.807) is 0 Å². The first-order chi connectivity index (χ1) is 9.91. The quantitative estimate of drug-likeness (QED) is 0.229. The minimum atomic E-state index is -0.330. The second-order valence-electron chi connectivity index (χ2n) is 4.44. The van der Waals surface area contributed by atoms with Gasteiger partial charge in [0.05, 0.1) is 0 Å². The standard InChI is InChI=1S/C12H30O4S2Si2/c13-5-1-7-15-19-11-3-9-17-18-10-4-12-20-16-8-2-6-14/h13-14H,1-12,19-20H2. The van der Waals surface area contributed by atoms with E-state index in [0.29, 0.717) is 0 Å². The van der Waals surface area contributed by atoms with Gasteiger partial charge in [0.2, 0.25) is 0 Å². The summed E-state index contributed by atoms with van der Waals surface area (Å²) in [6, 6.07) is 2.51. The SMILES string of the molecule is OCCCO[SiH2]CCCSSCCC[SiH2]OCCCO. The fraction of sp³-hybridized carbons (Fsp3) is 1.00. The molecular weight excluding hydrogens is 328 g/mol. The van der Waals surface area contributed by atoms with Crippen LogP contribution in [0.15, 0.2) is 0 Å². The fourth-order valence-corrected chi connectivity index (χ4v) is 6.54. The Hall–Kier alpha value is 0.974. The van der Waals surface area contributed by atoms with Crippen LogP contribution in [0.25, 0.3) is 0 Å². The molecule has 0 unspecified atom stereocenters. The van der Waals surface area contributed by atoms with Gasteiger partial charge in [0.1, 0.15) is 0 Å². The predicted molar refractivity (Wildman–Crippen MR) is 96.2 cm³/mol. The molecule has 0 aromatic rings. The molecule has 0 radical (unpaired) electrons. The molecule has 20 heavy (non-hydrogen) atoms. The number of hydrogen-bond donors (Lipinski definition) is 2. The molecule has 0 aliphatic carbocycles. The number of rotatable bonds is 17. The van der Waals surface area contributed by atoms with Crippen molar-refractivity contribution >= 4 is 41.1 Å². The lowest BCUT2D eigenvalue weighted by Gasteiger charge is -2.04. The molecule has 0 aromatic carbocycles. The van der Waals surface area contributed by atoms with E-state index in [-0.39, 0.29) is 32.7 Å². The molecule has 0 amide bonds. The minimum Gasteiger partial charge on any atom is -0.424 e. The van der Waals surface area contributed by atoms with E-state index in [9.17, 15) is 0 Å². The van der Waals surface area contributed by atoms with Gasteiger partial charge in [0.15, 0.2) is 19.5 Å². The summed E-state index contributed by atoms with van der Waals surface area (Å²) in [7, 11) is 3.30. The van der Waals surface area contributed by atoms with Gasteiger partial charge in [-0.05, 0) is 37.8 Å². The van der Waals surface area contributed by atoms with Crippen LogP contribution in [0.5, 0.6) is 0 Å². The highest BCUT2D eigenvalue weighted by Gasteiger charge is 1.95. The maximum absolute atomic E-state index is 8.60. The van der Waals surface area contributed by atoms with Crippen LogP contribution in [0.3, 0.4) is 0 Å². The van der Waals surface area contributed by atoms with Crippen LogP contribution in [0, 0.1) is 0 Å². The molecule has 0 fully saturated rings. The third-order valence-corrected chi connectivity index (χ3v) is 7.82. The van der Waals surface area contributed by atoms with Gasteiger partial charge in [-0.1, -0.05) is 21.6 Å². The van der Waals surface area contributed by atoms with Crippen molar-refractivity contribution in [2.75, 3.05) is 37.9 Å². The molecule has 0 atom stereocenters. The lowest BCUT2D eigenvalue weighted by atomic mass is 10.5. The van der Waals surface area contributed by atoms with Gasteiger partial charge in [0.25, 0.3) is 0 Å². The maximum atomic E-state index is 8.60. The van der Waals surface area contributed by atoms with Crippen molar-refractivity contribution in [3.05, 3.63) is 0 Å². The van der Waals surface area contributed by atoms with Crippen LogP contribution < -0.4 is 0 Å². The zero-order valence-corrected chi connectivity index (χ0v) is 16.9. The Balaban J connectivity index is 2.89. The second kappa shape index (κ2) is 20.0. The van der Waals surface area contributed by atoms with E-state index in [2.05, 4.69) is 0 Å². The molecule has 0 spiro atoms. The zero-order valence-electron chi connectivity index (χ0n) is 12.4. The van der Waals surface area contributed by atoms with E-state index in [4.69, 9.17) is 19.1 Å². The first-order valence-electron chi connectivity index (χ1n) is 7.53. The summed E-state index contributed by atoms with van der Waals surface area (Å²) in [4.78, 5) is 0. The average molecular weight is 359 g/mol. The van der Waals surface area contributed by atoms with Gasteiger partial charge in [-0.15, -0.1) is 0 Å². The Bertz CT molecular complexity index is 164. The number of hydrogen-bond acceptors (Lipinski definition) is 6. The van der Waals surface area contributed by atoms with Crippen molar-refractivity contribution in [2.45, 2.75) is 37.8 Å². The van der Waals surface area contributed by atoms with E-state index < -0.39 is 0 Å². The van der Waals surface area contributed by atoms with Gasteiger partial charge < -0.3 is 19.1 Å². The Kier molecular flexibility index (Phi) is 20.9. The third kappa shape index (κ3) is 19.0. The predicted octanol–water partition coefficient (Wildman–Crippen LogP) is 0.950. The average Bonchev–Trinajstić information content (AvgIpc) is 2.47. The number of aliphatic hydroxyl groups excluding tert-OH is 2. The molecule has 0 aliphatic heterocycles. The highest BCUT2D eigenvalue weighted by molar-refractivity contribution is 8.76. The largest absolute Gasteiger partial charge is 0.424 e. The summed E-state index contributed by atoms with van der Waals surface area (Å²) in [6.07, 6.45) is 4.10. The van der Waals surface area contributed by atoms with Crippen molar-refractivity contribution in [2.24, 2.45) is 0 Å². The molecule has 0 saturated heterocycles. The monoisotopic (exact) mass is 358 g/mol. The lowest BCUT2D eigenvalue weighted by Crippen LogP contribution is -2.02. The Morgan fingerprint density at radius 3 is 1.55 bits per heavy atom. The van der Waals surface area contributed by atoms with E-state index >= 15 is 0 Å². The van der Waals surface area contributed by atoms with Gasteiger partial charge in [-0.3, -0.25) is 0 Å². The molecule has 0 saturated carbocycles. The first kappa shape index (κ1) is 21.0. The maximum Gasteiger partial charge on any atom is 0.161 e. The normalized spacial score (nSPS) is 12.3. The first-order valence-corrected chi connectivity index (χ1v) is 13.2. The van der Waals surface area contributed by atoms with Crippen molar-refractivity contribution < 1.29 is 19.1 Å². The number of aliphatic hydroxyl groups is 2. The van der Waals surface area contributed by atoms with Crippen molar-refractivity contribution in [1.29, 1.82) is 0 Å². The Labute approximate surface area is 136 Å². The summed E-state index contributed by atoms with van der Waals surface area (Å²) >= 11 is 0. The van der Waals surface area contributed by atoms with Crippen LogP contribution >= 0.6 is 21.6 Å². The van der Waals surface area contributed by atoms with Crippen LogP contribution in [-0.4, -0.2) is 67.7 Å². The zero-order chi connectivity index (χ0) is 14.7. The molecule has 0 aromatic heterocycles. The van der Waals surface area contributed by atoms with Gasteiger partial charge in [-0.25, -0.2) is 0 Å². The Morgan fingerprint density at radius 2 is 1.15 bits per heavy atom. The fourth-order valence-electron chi connectivity index (χ4n) is 1.39. The summed E-state index contributed by atoms with van der Waals surface area (Å²) in [5, 5.41) is 17.2. The van der Waals surface area contributed by atoms with Gasteiger partial charge in [-0.2, -0.15) is 0 Å². The topological polar surface area (TPSA) is 58.9 Å².